The second kappa shape index (κ2) is 9.37. The smallest absolute Gasteiger partial charge is 0.253 e. The van der Waals surface area contributed by atoms with Gasteiger partial charge in [0.2, 0.25) is 0 Å². The SMILES string of the molecule is CC.Cc1cc2c(N3CCN(C)c4cc(-c5cnn(C)c5)ncc43)nc(N3CC4(COC4)C3)cc2n(C)c1=O. The molecule has 0 unspecified atom stereocenters. The number of anilines is 4. The second-order valence-electron chi connectivity index (χ2n) is 10.8. The molecule has 3 aliphatic heterocycles. The number of ether oxygens (including phenoxy) is 1. The lowest BCUT2D eigenvalue weighted by Crippen LogP contribution is -2.66. The summed E-state index contributed by atoms with van der Waals surface area (Å²) in [6, 6.07) is 6.17. The quantitative estimate of drug-likeness (QED) is 0.400. The standard InChI is InChI=1S/C27H30N8O2.C2H6/c1-17-7-19-21(33(4)26(17)36)9-24(34-13-27(14-34)15-37-16-27)30-25(19)35-6-5-31(2)22-8-20(28-11-23(22)35)18-10-29-32(3)12-18;1-2/h7-12H,5-6,13-16H2,1-4H3;1-2H3. The molecule has 39 heavy (non-hydrogen) atoms. The average molecular weight is 529 g/mol. The van der Waals surface area contributed by atoms with Crippen LogP contribution in [0.1, 0.15) is 19.4 Å². The fourth-order valence-corrected chi connectivity index (χ4v) is 5.82. The van der Waals surface area contributed by atoms with E-state index in [1.807, 2.05) is 59.5 Å². The van der Waals surface area contributed by atoms with Gasteiger partial charge in [0.15, 0.2) is 0 Å². The van der Waals surface area contributed by atoms with Crippen LogP contribution in [-0.4, -0.2) is 70.8 Å². The molecule has 204 valence electrons. The zero-order chi connectivity index (χ0) is 27.5. The fourth-order valence-electron chi connectivity index (χ4n) is 5.82. The molecule has 0 radical (unpaired) electrons. The fraction of sp³-hybridized carbons (Fsp3) is 0.448. The minimum atomic E-state index is 0.0182. The molecule has 10 heteroatoms. The first-order valence-corrected chi connectivity index (χ1v) is 13.6. The van der Waals surface area contributed by atoms with Crippen LogP contribution in [0, 0.1) is 12.3 Å². The van der Waals surface area contributed by atoms with Crippen LogP contribution in [0.2, 0.25) is 0 Å². The van der Waals surface area contributed by atoms with E-state index in [9.17, 15) is 4.79 Å². The predicted octanol–water partition coefficient (Wildman–Crippen LogP) is 3.49. The average Bonchev–Trinajstić information content (AvgIpc) is 3.33. The Kier molecular flexibility index (Phi) is 6.10. The number of hydrogen-bond acceptors (Lipinski definition) is 8. The van der Waals surface area contributed by atoms with E-state index in [1.54, 1.807) is 9.25 Å². The van der Waals surface area contributed by atoms with Crippen LogP contribution < -0.4 is 20.3 Å². The van der Waals surface area contributed by atoms with Gasteiger partial charge in [0.1, 0.15) is 11.6 Å². The topological polar surface area (TPSA) is 84.5 Å². The first-order chi connectivity index (χ1) is 18.8. The summed E-state index contributed by atoms with van der Waals surface area (Å²) in [6.07, 6.45) is 5.75. The van der Waals surface area contributed by atoms with Crippen molar-refractivity contribution in [1.82, 2.24) is 24.3 Å². The van der Waals surface area contributed by atoms with Gasteiger partial charge in [-0.1, -0.05) is 13.8 Å². The lowest BCUT2D eigenvalue weighted by atomic mass is 9.78. The van der Waals surface area contributed by atoms with Crippen molar-refractivity contribution < 1.29 is 4.74 Å². The maximum atomic E-state index is 12.9. The molecule has 0 bridgehead atoms. The molecule has 3 aliphatic rings. The van der Waals surface area contributed by atoms with Gasteiger partial charge in [0.25, 0.3) is 5.56 Å². The molecule has 10 nitrogen and oxygen atoms in total. The summed E-state index contributed by atoms with van der Waals surface area (Å²) in [5.41, 5.74) is 5.86. The highest BCUT2D eigenvalue weighted by Crippen LogP contribution is 2.44. The first kappa shape index (κ1) is 25.4. The molecule has 2 fully saturated rings. The van der Waals surface area contributed by atoms with E-state index in [4.69, 9.17) is 14.7 Å². The maximum Gasteiger partial charge on any atom is 0.253 e. The van der Waals surface area contributed by atoms with Crippen LogP contribution in [0.15, 0.2) is 41.6 Å². The van der Waals surface area contributed by atoms with Gasteiger partial charge in [-0.25, -0.2) is 4.98 Å². The molecule has 1 spiro atoms. The van der Waals surface area contributed by atoms with E-state index in [0.29, 0.717) is 5.56 Å². The molecule has 2 saturated heterocycles. The number of likely N-dealkylation sites (N-methyl/N-ethyl adjacent to an activating group) is 1. The van der Waals surface area contributed by atoms with Crippen molar-refractivity contribution in [3.8, 4) is 11.3 Å². The highest BCUT2D eigenvalue weighted by molar-refractivity contribution is 5.96. The number of pyridine rings is 3. The van der Waals surface area contributed by atoms with E-state index in [1.165, 1.54) is 0 Å². The number of hydrogen-bond donors (Lipinski definition) is 0. The highest BCUT2D eigenvalue weighted by atomic mass is 16.5. The summed E-state index contributed by atoms with van der Waals surface area (Å²) < 4.78 is 9.02. The number of nitrogens with zero attached hydrogens (tertiary/aromatic N) is 8. The lowest BCUT2D eigenvalue weighted by Gasteiger charge is -2.55. The Hall–Kier alpha value is -3.92. The number of fused-ring (bicyclic) bond motifs is 2. The molecular weight excluding hydrogens is 492 g/mol. The summed E-state index contributed by atoms with van der Waals surface area (Å²) in [4.78, 5) is 29.7. The van der Waals surface area contributed by atoms with Gasteiger partial charge in [0, 0.05) is 76.1 Å². The third kappa shape index (κ3) is 4.05. The summed E-state index contributed by atoms with van der Waals surface area (Å²) in [5, 5.41) is 5.28. The Labute approximate surface area is 228 Å². The second-order valence-corrected chi connectivity index (χ2v) is 10.8. The summed E-state index contributed by atoms with van der Waals surface area (Å²) in [7, 11) is 5.87. The van der Waals surface area contributed by atoms with Crippen molar-refractivity contribution in [2.45, 2.75) is 20.8 Å². The number of aromatic nitrogens is 5. The normalized spacial score (nSPS) is 17.4. The van der Waals surface area contributed by atoms with Crippen molar-refractivity contribution in [2.75, 3.05) is 61.1 Å². The van der Waals surface area contributed by atoms with Crippen LogP contribution >= 0.6 is 0 Å². The van der Waals surface area contributed by atoms with E-state index >= 15 is 0 Å². The molecule has 0 N–H and O–H groups in total. The third-order valence-corrected chi connectivity index (χ3v) is 8.04. The van der Waals surface area contributed by atoms with E-state index in [0.717, 1.165) is 84.6 Å². The van der Waals surface area contributed by atoms with Crippen LogP contribution in [0.25, 0.3) is 22.2 Å². The minimum Gasteiger partial charge on any atom is -0.380 e. The Balaban J connectivity index is 0.00000135. The number of aryl methyl sites for hydroxylation is 3. The van der Waals surface area contributed by atoms with E-state index < -0.39 is 0 Å². The molecule has 4 aromatic rings. The highest BCUT2D eigenvalue weighted by Gasteiger charge is 2.49. The summed E-state index contributed by atoms with van der Waals surface area (Å²) >= 11 is 0. The van der Waals surface area contributed by atoms with Gasteiger partial charge in [0.05, 0.1) is 53.6 Å². The molecule has 0 amide bonds. The Morgan fingerprint density at radius 3 is 2.41 bits per heavy atom. The molecule has 0 saturated carbocycles. The molecule has 0 aromatic carbocycles. The van der Waals surface area contributed by atoms with Crippen LogP contribution in [0.5, 0.6) is 0 Å². The van der Waals surface area contributed by atoms with Crippen molar-refractivity contribution in [3.05, 3.63) is 52.7 Å². The van der Waals surface area contributed by atoms with Gasteiger partial charge in [-0.2, -0.15) is 5.10 Å². The van der Waals surface area contributed by atoms with Gasteiger partial charge in [-0.15, -0.1) is 0 Å². The zero-order valence-electron chi connectivity index (χ0n) is 23.6. The molecular formula is C29H36N8O2. The van der Waals surface area contributed by atoms with Crippen molar-refractivity contribution in [3.63, 3.8) is 0 Å². The van der Waals surface area contributed by atoms with Crippen LogP contribution in [-0.2, 0) is 18.8 Å². The first-order valence-electron chi connectivity index (χ1n) is 13.6. The van der Waals surface area contributed by atoms with Gasteiger partial charge < -0.3 is 24.0 Å². The Morgan fingerprint density at radius 2 is 1.74 bits per heavy atom. The van der Waals surface area contributed by atoms with E-state index in [-0.39, 0.29) is 11.0 Å². The molecule has 0 aliphatic carbocycles. The van der Waals surface area contributed by atoms with Crippen molar-refractivity contribution in [2.24, 2.45) is 19.5 Å². The summed E-state index contributed by atoms with van der Waals surface area (Å²) in [6.45, 7) is 11.0. The van der Waals surface area contributed by atoms with Gasteiger partial charge >= 0.3 is 0 Å². The molecule has 7 rings (SSSR count). The largest absolute Gasteiger partial charge is 0.380 e. The van der Waals surface area contributed by atoms with Crippen molar-refractivity contribution >= 4 is 33.9 Å². The Morgan fingerprint density at radius 1 is 0.974 bits per heavy atom. The van der Waals surface area contributed by atoms with Crippen LogP contribution in [0.3, 0.4) is 0 Å². The zero-order valence-corrected chi connectivity index (χ0v) is 23.6. The van der Waals surface area contributed by atoms with Gasteiger partial charge in [-0.3, -0.25) is 14.5 Å². The lowest BCUT2D eigenvalue weighted by molar-refractivity contribution is -0.127. The monoisotopic (exact) mass is 528 g/mol. The minimum absolute atomic E-state index is 0.0182. The van der Waals surface area contributed by atoms with Gasteiger partial charge in [-0.05, 0) is 19.1 Å². The van der Waals surface area contributed by atoms with Crippen molar-refractivity contribution in [1.29, 1.82) is 0 Å². The van der Waals surface area contributed by atoms with E-state index in [2.05, 4.69) is 39.0 Å². The van der Waals surface area contributed by atoms with Crippen LogP contribution in [0.4, 0.5) is 23.0 Å². The molecule has 7 heterocycles. The molecule has 0 atom stereocenters. The predicted molar refractivity (Wildman–Crippen MR) is 155 cm³/mol. The summed E-state index contributed by atoms with van der Waals surface area (Å²) in [5.74, 6) is 1.77. The maximum absolute atomic E-state index is 12.9. The third-order valence-electron chi connectivity index (χ3n) is 8.04. The molecule has 4 aromatic heterocycles. The number of rotatable bonds is 3. The Bertz CT molecular complexity index is 1610.